The van der Waals surface area contributed by atoms with E-state index in [4.69, 9.17) is 14.9 Å². The van der Waals surface area contributed by atoms with Crippen molar-refractivity contribution in [3.05, 3.63) is 42.4 Å². The molecule has 0 saturated heterocycles. The van der Waals surface area contributed by atoms with Crippen LogP contribution in [0, 0.1) is 22.7 Å². The van der Waals surface area contributed by atoms with Crippen LogP contribution < -0.4 is 5.32 Å². The average molecular weight is 237 g/mol. The minimum Gasteiger partial charge on any atom is -0.423 e. The Kier molecular flexibility index (Phi) is 3.34. The van der Waals surface area contributed by atoms with Crippen molar-refractivity contribution in [2.45, 2.75) is 0 Å². The van der Waals surface area contributed by atoms with E-state index in [-0.39, 0.29) is 5.57 Å². The summed E-state index contributed by atoms with van der Waals surface area (Å²) in [4.78, 5) is 0. The number of nitrogens with zero attached hydrogens (tertiary/aromatic N) is 4. The lowest BCUT2D eigenvalue weighted by molar-refractivity contribution is 0.569. The van der Waals surface area contributed by atoms with Crippen LogP contribution >= 0.6 is 0 Å². The number of hydrogen-bond acceptors (Lipinski definition) is 6. The molecule has 1 heterocycles. The fourth-order valence-corrected chi connectivity index (χ4v) is 1.33. The molecule has 0 aliphatic heterocycles. The number of nitriles is 2. The highest BCUT2D eigenvalue weighted by molar-refractivity contribution is 5.73. The highest BCUT2D eigenvalue weighted by atomic mass is 16.4. The molecule has 0 unspecified atom stereocenters. The summed E-state index contributed by atoms with van der Waals surface area (Å²) in [5, 5.41) is 27.5. The molecule has 0 amide bonds. The molecule has 0 bridgehead atoms. The molecule has 6 heteroatoms. The standard InChI is InChI=1S/C12H7N5O/c13-5-9(6-14)7-15-11-4-2-1-3-10(11)12-17-16-8-18-12/h1-4,7-8,15H. The van der Waals surface area contributed by atoms with Crippen LogP contribution in [0.5, 0.6) is 0 Å². The lowest BCUT2D eigenvalue weighted by atomic mass is 10.2. The van der Waals surface area contributed by atoms with Crippen molar-refractivity contribution in [1.29, 1.82) is 10.5 Å². The maximum absolute atomic E-state index is 8.64. The number of para-hydroxylation sites is 1. The molecule has 0 spiro atoms. The van der Waals surface area contributed by atoms with Gasteiger partial charge in [0.1, 0.15) is 17.7 Å². The van der Waals surface area contributed by atoms with Crippen LogP contribution in [0.25, 0.3) is 11.5 Å². The molecular weight excluding hydrogens is 230 g/mol. The molecule has 18 heavy (non-hydrogen) atoms. The van der Waals surface area contributed by atoms with Crippen LogP contribution in [0.2, 0.25) is 0 Å². The first-order valence-corrected chi connectivity index (χ1v) is 4.97. The average Bonchev–Trinajstić information content (AvgIpc) is 2.94. The van der Waals surface area contributed by atoms with Crippen molar-refractivity contribution in [2.75, 3.05) is 5.32 Å². The molecular formula is C12H7N5O. The smallest absolute Gasteiger partial charge is 0.249 e. The third-order valence-electron chi connectivity index (χ3n) is 2.13. The van der Waals surface area contributed by atoms with Gasteiger partial charge in [-0.2, -0.15) is 10.5 Å². The van der Waals surface area contributed by atoms with Gasteiger partial charge in [-0.3, -0.25) is 0 Å². The summed E-state index contributed by atoms with van der Waals surface area (Å²) in [7, 11) is 0. The van der Waals surface area contributed by atoms with Crippen LogP contribution in [0.3, 0.4) is 0 Å². The van der Waals surface area contributed by atoms with Crippen LogP contribution in [-0.2, 0) is 0 Å². The Labute approximate surface area is 103 Å². The predicted molar refractivity (Wildman–Crippen MR) is 62.7 cm³/mol. The Balaban J connectivity index is 2.33. The maximum atomic E-state index is 8.64. The first-order chi connectivity index (χ1) is 8.85. The van der Waals surface area contributed by atoms with Crippen molar-refractivity contribution >= 4 is 5.69 Å². The van der Waals surface area contributed by atoms with E-state index in [0.29, 0.717) is 17.1 Å². The number of aromatic nitrogens is 2. The second kappa shape index (κ2) is 5.28. The predicted octanol–water partition coefficient (Wildman–Crippen LogP) is 2.08. The summed E-state index contributed by atoms with van der Waals surface area (Å²) in [6.07, 6.45) is 2.56. The van der Waals surface area contributed by atoms with Gasteiger partial charge in [0, 0.05) is 6.20 Å². The molecule has 0 aliphatic carbocycles. The molecule has 2 aromatic rings. The molecule has 0 saturated carbocycles. The monoisotopic (exact) mass is 237 g/mol. The van der Waals surface area contributed by atoms with Crippen molar-refractivity contribution < 1.29 is 4.42 Å². The van der Waals surface area contributed by atoms with E-state index >= 15 is 0 Å². The van der Waals surface area contributed by atoms with Crippen LogP contribution in [0.4, 0.5) is 5.69 Å². The second-order valence-corrected chi connectivity index (χ2v) is 3.22. The Hall–Kier alpha value is -3.12. The molecule has 1 N–H and O–H groups in total. The fourth-order valence-electron chi connectivity index (χ4n) is 1.33. The van der Waals surface area contributed by atoms with Crippen LogP contribution in [-0.4, -0.2) is 10.2 Å². The second-order valence-electron chi connectivity index (χ2n) is 3.22. The molecule has 0 fully saturated rings. The number of benzene rings is 1. The van der Waals surface area contributed by atoms with E-state index < -0.39 is 0 Å². The van der Waals surface area contributed by atoms with E-state index in [1.165, 1.54) is 12.6 Å². The van der Waals surface area contributed by atoms with Crippen LogP contribution in [0.15, 0.2) is 46.8 Å². The van der Waals surface area contributed by atoms with Crippen LogP contribution in [0.1, 0.15) is 0 Å². The summed E-state index contributed by atoms with van der Waals surface area (Å²) in [6, 6.07) is 10.7. The molecule has 0 atom stereocenters. The van der Waals surface area contributed by atoms with E-state index in [9.17, 15) is 0 Å². The number of hydrogen-bond donors (Lipinski definition) is 1. The molecule has 0 aliphatic rings. The van der Waals surface area contributed by atoms with Crippen molar-refractivity contribution in [3.63, 3.8) is 0 Å². The Morgan fingerprint density at radius 2 is 2.06 bits per heavy atom. The van der Waals surface area contributed by atoms with Crippen molar-refractivity contribution in [3.8, 4) is 23.6 Å². The number of rotatable bonds is 3. The van der Waals surface area contributed by atoms with E-state index in [1.54, 1.807) is 24.3 Å². The molecule has 2 rings (SSSR count). The van der Waals surface area contributed by atoms with E-state index in [1.807, 2.05) is 12.1 Å². The minimum absolute atomic E-state index is 0.0182. The molecule has 6 nitrogen and oxygen atoms in total. The lowest BCUT2D eigenvalue weighted by Gasteiger charge is -2.04. The Bertz CT molecular complexity index is 630. The molecule has 1 aromatic heterocycles. The number of anilines is 1. The van der Waals surface area contributed by atoms with Gasteiger partial charge in [-0.1, -0.05) is 12.1 Å². The van der Waals surface area contributed by atoms with Gasteiger partial charge in [0.05, 0.1) is 11.3 Å². The molecule has 86 valence electrons. The molecule has 1 aromatic carbocycles. The van der Waals surface area contributed by atoms with Crippen molar-refractivity contribution in [2.24, 2.45) is 0 Å². The summed E-state index contributed by atoms with van der Waals surface area (Å²) in [5.74, 6) is 0.363. The summed E-state index contributed by atoms with van der Waals surface area (Å²) in [5.41, 5.74) is 1.35. The lowest BCUT2D eigenvalue weighted by Crippen LogP contribution is -1.93. The Morgan fingerprint density at radius 1 is 1.28 bits per heavy atom. The quantitative estimate of drug-likeness (QED) is 0.820. The zero-order valence-electron chi connectivity index (χ0n) is 9.16. The highest BCUT2D eigenvalue weighted by Gasteiger charge is 2.08. The third-order valence-corrected chi connectivity index (χ3v) is 2.13. The zero-order valence-corrected chi connectivity index (χ0v) is 9.16. The van der Waals surface area contributed by atoms with Crippen molar-refractivity contribution in [1.82, 2.24) is 10.2 Å². The first-order valence-electron chi connectivity index (χ1n) is 4.97. The fraction of sp³-hybridized carbons (Fsp3) is 0. The Morgan fingerprint density at radius 3 is 2.72 bits per heavy atom. The first kappa shape index (κ1) is 11.4. The maximum Gasteiger partial charge on any atom is 0.249 e. The van der Waals surface area contributed by atoms with Gasteiger partial charge >= 0.3 is 0 Å². The van der Waals surface area contributed by atoms with E-state index in [2.05, 4.69) is 15.5 Å². The normalized spacial score (nSPS) is 9.00. The van der Waals surface area contributed by atoms with E-state index in [0.717, 1.165) is 0 Å². The van der Waals surface area contributed by atoms with Gasteiger partial charge in [-0.05, 0) is 12.1 Å². The SMILES string of the molecule is N#CC(C#N)=CNc1ccccc1-c1nnco1. The summed E-state index contributed by atoms with van der Waals surface area (Å²) < 4.78 is 5.11. The van der Waals surface area contributed by atoms with Gasteiger partial charge in [-0.25, -0.2) is 0 Å². The van der Waals surface area contributed by atoms with Gasteiger partial charge in [0.25, 0.3) is 0 Å². The van der Waals surface area contributed by atoms with Gasteiger partial charge < -0.3 is 9.73 Å². The minimum atomic E-state index is -0.0182. The van der Waals surface area contributed by atoms with Gasteiger partial charge in [0.15, 0.2) is 0 Å². The number of nitrogens with one attached hydrogen (secondary N) is 1. The largest absolute Gasteiger partial charge is 0.423 e. The highest BCUT2D eigenvalue weighted by Crippen LogP contribution is 2.25. The molecule has 0 radical (unpaired) electrons. The summed E-state index contributed by atoms with van der Waals surface area (Å²) >= 11 is 0. The zero-order chi connectivity index (χ0) is 12.8. The van der Waals surface area contributed by atoms with Gasteiger partial charge in [0.2, 0.25) is 12.3 Å². The summed E-state index contributed by atoms with van der Waals surface area (Å²) in [6.45, 7) is 0. The van der Waals surface area contributed by atoms with Gasteiger partial charge in [-0.15, -0.1) is 10.2 Å². The third kappa shape index (κ3) is 2.34. The topological polar surface area (TPSA) is 98.5 Å². The number of allylic oxidation sites excluding steroid dienone is 1.